The summed E-state index contributed by atoms with van der Waals surface area (Å²) in [5.41, 5.74) is 0.738. The van der Waals surface area contributed by atoms with Crippen LogP contribution in [-0.2, 0) is 0 Å². The highest BCUT2D eigenvalue weighted by molar-refractivity contribution is 9.10. The third-order valence-corrected chi connectivity index (χ3v) is 4.38. The van der Waals surface area contributed by atoms with E-state index >= 15 is 0 Å². The molecule has 1 aromatic heterocycles. The number of aromatic nitrogens is 1. The van der Waals surface area contributed by atoms with E-state index in [0.717, 1.165) is 45.4 Å². The van der Waals surface area contributed by atoms with Gasteiger partial charge in [-0.3, -0.25) is 15.1 Å². The molecule has 0 unspecified atom stereocenters. The van der Waals surface area contributed by atoms with Crippen LogP contribution in [0.15, 0.2) is 16.9 Å². The highest BCUT2D eigenvalue weighted by atomic mass is 79.9. The van der Waals surface area contributed by atoms with E-state index in [-0.39, 0.29) is 10.6 Å². The van der Waals surface area contributed by atoms with Gasteiger partial charge in [0.15, 0.2) is 0 Å². The fraction of sp³-hybridized carbons (Fsp3) is 0.643. The van der Waals surface area contributed by atoms with Crippen LogP contribution in [0.2, 0.25) is 0 Å². The fourth-order valence-corrected chi connectivity index (χ4v) is 3.38. The van der Waals surface area contributed by atoms with Crippen molar-refractivity contribution in [1.82, 2.24) is 10.3 Å². The minimum atomic E-state index is -0.349. The molecular weight excluding hydrogens is 336 g/mol. The number of anilines is 1. The van der Waals surface area contributed by atoms with Crippen molar-refractivity contribution in [1.29, 1.82) is 0 Å². The lowest BCUT2D eigenvalue weighted by Crippen LogP contribution is -2.37. The molecular formula is C14H21BrN4O2. The van der Waals surface area contributed by atoms with Gasteiger partial charge in [-0.05, 0) is 54.2 Å². The van der Waals surface area contributed by atoms with Crippen molar-refractivity contribution in [2.24, 2.45) is 5.92 Å². The second kappa shape index (κ2) is 7.70. The number of rotatable bonds is 6. The van der Waals surface area contributed by atoms with E-state index in [1.165, 1.54) is 6.20 Å². The lowest BCUT2D eigenvalue weighted by molar-refractivity contribution is -0.384. The van der Waals surface area contributed by atoms with Gasteiger partial charge in [-0.1, -0.05) is 6.92 Å². The lowest BCUT2D eigenvalue weighted by Gasteiger charge is -2.31. The molecule has 1 N–H and O–H groups in total. The van der Waals surface area contributed by atoms with Crippen molar-refractivity contribution in [3.8, 4) is 0 Å². The largest absolute Gasteiger partial charge is 0.365 e. The van der Waals surface area contributed by atoms with Crippen LogP contribution in [0.3, 0.4) is 0 Å². The summed E-state index contributed by atoms with van der Waals surface area (Å²) < 4.78 is 0.694. The SMILES string of the molecule is CCCN(CC1CCNCC1)c1c(Br)cncc1[N+](=O)[O-]. The molecule has 1 aliphatic rings. The van der Waals surface area contributed by atoms with E-state index in [4.69, 9.17) is 0 Å². The Morgan fingerprint density at radius 3 is 2.81 bits per heavy atom. The molecule has 1 aromatic rings. The molecule has 0 aromatic carbocycles. The molecule has 0 radical (unpaired) electrons. The highest BCUT2D eigenvalue weighted by Gasteiger charge is 2.25. The monoisotopic (exact) mass is 356 g/mol. The van der Waals surface area contributed by atoms with Crippen LogP contribution in [0, 0.1) is 16.0 Å². The van der Waals surface area contributed by atoms with E-state index < -0.39 is 0 Å². The summed E-state index contributed by atoms with van der Waals surface area (Å²) in [4.78, 5) is 17.0. The number of halogens is 1. The Hall–Kier alpha value is -1.21. The van der Waals surface area contributed by atoms with Crippen LogP contribution < -0.4 is 10.2 Å². The van der Waals surface area contributed by atoms with E-state index in [0.29, 0.717) is 16.1 Å². The van der Waals surface area contributed by atoms with Gasteiger partial charge in [-0.15, -0.1) is 0 Å². The summed E-state index contributed by atoms with van der Waals surface area (Å²) in [6, 6.07) is 0. The Bertz CT molecular complexity index is 492. The summed E-state index contributed by atoms with van der Waals surface area (Å²) in [6.45, 7) is 5.83. The molecule has 116 valence electrons. The molecule has 21 heavy (non-hydrogen) atoms. The van der Waals surface area contributed by atoms with E-state index in [9.17, 15) is 10.1 Å². The molecule has 0 amide bonds. The van der Waals surface area contributed by atoms with Crippen molar-refractivity contribution in [3.05, 3.63) is 27.0 Å². The van der Waals surface area contributed by atoms with Crippen molar-refractivity contribution >= 4 is 27.3 Å². The maximum atomic E-state index is 11.3. The molecule has 1 aliphatic heterocycles. The van der Waals surface area contributed by atoms with Crippen molar-refractivity contribution in [3.63, 3.8) is 0 Å². The lowest BCUT2D eigenvalue weighted by atomic mass is 9.97. The van der Waals surface area contributed by atoms with Gasteiger partial charge in [0, 0.05) is 19.3 Å². The molecule has 0 atom stereocenters. The molecule has 0 spiro atoms. The number of nitrogens with zero attached hydrogens (tertiary/aromatic N) is 3. The van der Waals surface area contributed by atoms with Gasteiger partial charge >= 0.3 is 5.69 Å². The normalized spacial score (nSPS) is 15.9. The Labute approximate surface area is 133 Å². The molecule has 1 saturated heterocycles. The number of nitro groups is 1. The first-order chi connectivity index (χ1) is 10.1. The number of nitrogens with one attached hydrogen (secondary N) is 1. The molecule has 7 heteroatoms. The summed E-state index contributed by atoms with van der Waals surface area (Å²) in [7, 11) is 0. The molecule has 2 heterocycles. The number of hydrogen-bond acceptors (Lipinski definition) is 5. The third-order valence-electron chi connectivity index (χ3n) is 3.80. The van der Waals surface area contributed by atoms with Crippen molar-refractivity contribution in [2.75, 3.05) is 31.1 Å². The van der Waals surface area contributed by atoms with Gasteiger partial charge in [-0.2, -0.15) is 0 Å². The quantitative estimate of drug-likeness (QED) is 0.626. The van der Waals surface area contributed by atoms with Crippen LogP contribution in [0.4, 0.5) is 11.4 Å². The zero-order valence-electron chi connectivity index (χ0n) is 12.2. The Kier molecular flexibility index (Phi) is 5.93. The van der Waals surface area contributed by atoms with Crippen molar-refractivity contribution < 1.29 is 4.92 Å². The van der Waals surface area contributed by atoms with E-state index in [1.807, 2.05) is 0 Å². The molecule has 0 bridgehead atoms. The summed E-state index contributed by atoms with van der Waals surface area (Å²) in [5, 5.41) is 14.6. The fourth-order valence-electron chi connectivity index (χ4n) is 2.80. The first kappa shape index (κ1) is 16.2. The average Bonchev–Trinajstić information content (AvgIpc) is 2.47. The van der Waals surface area contributed by atoms with Gasteiger partial charge in [0.1, 0.15) is 11.9 Å². The first-order valence-electron chi connectivity index (χ1n) is 7.37. The van der Waals surface area contributed by atoms with E-state index in [2.05, 4.69) is 38.1 Å². The standard InChI is InChI=1S/C14H21BrN4O2/c1-2-7-18(10-11-3-5-16-6-4-11)14-12(15)8-17-9-13(14)19(20)21/h8-9,11,16H,2-7,10H2,1H3. The van der Waals surface area contributed by atoms with Gasteiger partial charge in [-0.25, -0.2) is 0 Å². The Balaban J connectivity index is 2.26. The summed E-state index contributed by atoms with van der Waals surface area (Å²) in [6.07, 6.45) is 6.17. The second-order valence-corrected chi connectivity index (χ2v) is 6.24. The van der Waals surface area contributed by atoms with Crippen LogP contribution >= 0.6 is 15.9 Å². The van der Waals surface area contributed by atoms with Crippen molar-refractivity contribution in [2.45, 2.75) is 26.2 Å². The minimum absolute atomic E-state index is 0.0757. The maximum absolute atomic E-state index is 11.3. The Morgan fingerprint density at radius 1 is 1.48 bits per heavy atom. The zero-order valence-corrected chi connectivity index (χ0v) is 13.8. The second-order valence-electron chi connectivity index (χ2n) is 5.39. The maximum Gasteiger partial charge on any atom is 0.311 e. The summed E-state index contributed by atoms with van der Waals surface area (Å²) >= 11 is 3.43. The average molecular weight is 357 g/mol. The minimum Gasteiger partial charge on any atom is -0.365 e. The van der Waals surface area contributed by atoms with Gasteiger partial charge in [0.05, 0.1) is 9.40 Å². The Morgan fingerprint density at radius 2 is 2.19 bits per heavy atom. The van der Waals surface area contributed by atoms with Crippen LogP contribution in [0.1, 0.15) is 26.2 Å². The highest BCUT2D eigenvalue weighted by Crippen LogP contribution is 2.35. The molecule has 1 fully saturated rings. The first-order valence-corrected chi connectivity index (χ1v) is 8.16. The molecule has 2 rings (SSSR count). The number of hydrogen-bond donors (Lipinski definition) is 1. The molecule has 0 aliphatic carbocycles. The van der Waals surface area contributed by atoms with Gasteiger partial charge in [0.2, 0.25) is 0 Å². The predicted octanol–water partition coefficient (Wildman–Crippen LogP) is 2.97. The summed E-state index contributed by atoms with van der Waals surface area (Å²) in [5.74, 6) is 0.581. The smallest absolute Gasteiger partial charge is 0.311 e. The molecule has 0 saturated carbocycles. The predicted molar refractivity (Wildman–Crippen MR) is 86.7 cm³/mol. The van der Waals surface area contributed by atoms with Crippen LogP contribution in [-0.4, -0.2) is 36.1 Å². The number of piperidine rings is 1. The molecule has 6 nitrogen and oxygen atoms in total. The topological polar surface area (TPSA) is 71.3 Å². The van der Waals surface area contributed by atoms with Crippen LogP contribution in [0.5, 0.6) is 0 Å². The van der Waals surface area contributed by atoms with Crippen LogP contribution in [0.25, 0.3) is 0 Å². The van der Waals surface area contributed by atoms with Gasteiger partial charge in [0.25, 0.3) is 0 Å². The van der Waals surface area contributed by atoms with E-state index in [1.54, 1.807) is 6.20 Å². The zero-order chi connectivity index (χ0) is 15.2. The van der Waals surface area contributed by atoms with Gasteiger partial charge < -0.3 is 10.2 Å². The third kappa shape index (κ3) is 4.14. The number of pyridine rings is 1.